The molecule has 2 heterocycles. The van der Waals surface area contributed by atoms with Crippen molar-refractivity contribution in [1.82, 2.24) is 20.1 Å². The SMILES string of the molecule is C=CCn1c(SCc2ccc(C(=O)NCc3cccc(C(F)(F)F)c3)cc2)nnc1-c1ccco1. The molecule has 35 heavy (non-hydrogen) atoms. The van der Waals surface area contributed by atoms with Gasteiger partial charge in [0.15, 0.2) is 10.9 Å². The Kier molecular flexibility index (Phi) is 7.40. The number of alkyl halides is 3. The standard InChI is InChI=1S/C25H21F3N4O2S/c1-2-12-32-22(21-7-4-13-34-21)30-31-24(32)35-16-17-8-10-19(11-9-17)23(33)29-15-18-5-3-6-20(14-18)25(26,27)28/h2-11,13-14H,1,12,15-16H2,(H,29,33). The van der Waals surface area contributed by atoms with Gasteiger partial charge in [-0.15, -0.1) is 16.8 Å². The number of benzene rings is 2. The fourth-order valence-electron chi connectivity index (χ4n) is 3.32. The number of nitrogens with zero attached hydrogens (tertiary/aromatic N) is 3. The maximum Gasteiger partial charge on any atom is 0.416 e. The number of hydrogen-bond donors (Lipinski definition) is 1. The van der Waals surface area contributed by atoms with Crippen molar-refractivity contribution in [2.45, 2.75) is 30.2 Å². The zero-order valence-corrected chi connectivity index (χ0v) is 19.3. The molecular weight excluding hydrogens is 477 g/mol. The lowest BCUT2D eigenvalue weighted by Crippen LogP contribution is -2.23. The largest absolute Gasteiger partial charge is 0.461 e. The molecule has 1 N–H and O–H groups in total. The summed E-state index contributed by atoms with van der Waals surface area (Å²) in [4.78, 5) is 12.4. The first-order valence-electron chi connectivity index (χ1n) is 10.6. The molecule has 0 saturated heterocycles. The lowest BCUT2D eigenvalue weighted by molar-refractivity contribution is -0.137. The summed E-state index contributed by atoms with van der Waals surface area (Å²) in [7, 11) is 0. The molecule has 4 aromatic rings. The van der Waals surface area contributed by atoms with E-state index < -0.39 is 11.7 Å². The van der Waals surface area contributed by atoms with Crippen LogP contribution in [0, 0.1) is 0 Å². The van der Waals surface area contributed by atoms with Crippen molar-refractivity contribution in [3.63, 3.8) is 0 Å². The molecule has 1 amide bonds. The van der Waals surface area contributed by atoms with Crippen molar-refractivity contribution in [2.75, 3.05) is 0 Å². The van der Waals surface area contributed by atoms with E-state index in [2.05, 4.69) is 22.1 Å². The van der Waals surface area contributed by atoms with Gasteiger partial charge in [-0.25, -0.2) is 0 Å². The van der Waals surface area contributed by atoms with Crippen LogP contribution in [0.3, 0.4) is 0 Å². The predicted molar refractivity (Wildman–Crippen MR) is 127 cm³/mol. The smallest absolute Gasteiger partial charge is 0.416 e. The van der Waals surface area contributed by atoms with Crippen LogP contribution in [0.2, 0.25) is 0 Å². The maximum atomic E-state index is 12.9. The Labute approximate surface area is 203 Å². The molecule has 0 atom stereocenters. The quantitative estimate of drug-likeness (QED) is 0.228. The zero-order valence-electron chi connectivity index (χ0n) is 18.5. The second kappa shape index (κ2) is 10.6. The van der Waals surface area contributed by atoms with E-state index in [0.29, 0.717) is 40.2 Å². The Bertz CT molecular complexity index is 1300. The molecule has 0 fully saturated rings. The van der Waals surface area contributed by atoms with Gasteiger partial charge in [-0.1, -0.05) is 42.1 Å². The molecular formula is C25H21F3N4O2S. The number of hydrogen-bond acceptors (Lipinski definition) is 5. The monoisotopic (exact) mass is 498 g/mol. The summed E-state index contributed by atoms with van der Waals surface area (Å²) in [6, 6.07) is 15.5. The second-order valence-corrected chi connectivity index (χ2v) is 8.49. The van der Waals surface area contributed by atoms with E-state index in [1.807, 2.05) is 22.8 Å². The van der Waals surface area contributed by atoms with Crippen molar-refractivity contribution in [3.05, 3.63) is 102 Å². The fraction of sp³-hybridized carbons (Fsp3) is 0.160. The van der Waals surface area contributed by atoms with Gasteiger partial charge in [0.1, 0.15) is 0 Å². The van der Waals surface area contributed by atoms with Crippen LogP contribution in [0.5, 0.6) is 0 Å². The minimum absolute atomic E-state index is 0.00266. The van der Waals surface area contributed by atoms with Crippen LogP contribution in [0.15, 0.2) is 89.2 Å². The fourth-order valence-corrected chi connectivity index (χ4v) is 4.22. The second-order valence-electron chi connectivity index (χ2n) is 7.55. The first-order chi connectivity index (χ1) is 16.8. The Balaban J connectivity index is 1.36. The van der Waals surface area contributed by atoms with Gasteiger partial charge in [0, 0.05) is 24.4 Å². The highest BCUT2D eigenvalue weighted by Crippen LogP contribution is 2.30. The molecule has 0 saturated carbocycles. The first kappa shape index (κ1) is 24.3. The van der Waals surface area contributed by atoms with Crippen LogP contribution in [0.25, 0.3) is 11.6 Å². The summed E-state index contributed by atoms with van der Waals surface area (Å²) in [6.45, 7) is 4.31. The van der Waals surface area contributed by atoms with Crippen LogP contribution in [-0.2, 0) is 25.0 Å². The van der Waals surface area contributed by atoms with Crippen LogP contribution >= 0.6 is 11.8 Å². The average molecular weight is 499 g/mol. The highest BCUT2D eigenvalue weighted by Gasteiger charge is 2.30. The summed E-state index contributed by atoms with van der Waals surface area (Å²) >= 11 is 1.49. The number of carbonyl (C=O) groups is 1. The van der Waals surface area contributed by atoms with Crippen molar-refractivity contribution in [1.29, 1.82) is 0 Å². The molecule has 0 radical (unpaired) electrons. The number of nitrogens with one attached hydrogen (secondary N) is 1. The van der Waals surface area contributed by atoms with E-state index in [-0.39, 0.29) is 12.5 Å². The Morgan fingerprint density at radius 1 is 1.09 bits per heavy atom. The lowest BCUT2D eigenvalue weighted by Gasteiger charge is -2.10. The third-order valence-corrected chi connectivity index (χ3v) is 6.10. The van der Waals surface area contributed by atoms with E-state index in [9.17, 15) is 18.0 Å². The molecule has 4 rings (SSSR count). The Hall–Kier alpha value is -3.79. The van der Waals surface area contributed by atoms with Crippen molar-refractivity contribution < 1.29 is 22.4 Å². The third kappa shape index (κ3) is 6.02. The molecule has 6 nitrogen and oxygen atoms in total. The molecule has 0 aliphatic rings. The van der Waals surface area contributed by atoms with Crippen LogP contribution in [-0.4, -0.2) is 20.7 Å². The van der Waals surface area contributed by atoms with Gasteiger partial charge in [0.05, 0.1) is 11.8 Å². The molecule has 0 aliphatic carbocycles. The summed E-state index contributed by atoms with van der Waals surface area (Å²) < 4.78 is 45.9. The number of amides is 1. The summed E-state index contributed by atoms with van der Waals surface area (Å²) in [5.74, 6) is 1.46. The summed E-state index contributed by atoms with van der Waals surface area (Å²) in [6.07, 6.45) is -1.09. The number of furan rings is 1. The lowest BCUT2D eigenvalue weighted by atomic mass is 10.1. The number of allylic oxidation sites excluding steroid dienone is 1. The Morgan fingerprint density at radius 2 is 1.89 bits per heavy atom. The third-order valence-electron chi connectivity index (χ3n) is 5.06. The average Bonchev–Trinajstić information content (AvgIpc) is 3.52. The van der Waals surface area contributed by atoms with Gasteiger partial charge in [-0.2, -0.15) is 13.2 Å². The van der Waals surface area contributed by atoms with E-state index >= 15 is 0 Å². The highest BCUT2D eigenvalue weighted by atomic mass is 32.2. The topological polar surface area (TPSA) is 73.0 Å². The summed E-state index contributed by atoms with van der Waals surface area (Å²) in [5.41, 5.74) is 1.02. The van der Waals surface area contributed by atoms with Crippen molar-refractivity contribution in [2.24, 2.45) is 0 Å². The first-order valence-corrected chi connectivity index (χ1v) is 11.6. The molecule has 0 aliphatic heterocycles. The maximum absolute atomic E-state index is 12.9. The number of thioether (sulfide) groups is 1. The van der Waals surface area contributed by atoms with E-state index in [0.717, 1.165) is 17.7 Å². The van der Waals surface area contributed by atoms with Crippen molar-refractivity contribution >= 4 is 17.7 Å². The van der Waals surface area contributed by atoms with Crippen molar-refractivity contribution in [3.8, 4) is 11.6 Å². The molecule has 0 spiro atoms. The number of halogens is 3. The number of rotatable bonds is 9. The van der Waals surface area contributed by atoms with Gasteiger partial charge in [-0.05, 0) is 47.5 Å². The van der Waals surface area contributed by atoms with Crippen LogP contribution in [0.1, 0.15) is 27.0 Å². The van der Waals surface area contributed by atoms with E-state index in [1.165, 1.54) is 23.9 Å². The predicted octanol–water partition coefficient (Wildman–Crippen LogP) is 5.97. The zero-order chi connectivity index (χ0) is 24.8. The number of carbonyl (C=O) groups excluding carboxylic acids is 1. The van der Waals surface area contributed by atoms with E-state index in [4.69, 9.17) is 4.42 Å². The molecule has 2 aromatic heterocycles. The highest BCUT2D eigenvalue weighted by molar-refractivity contribution is 7.98. The van der Waals surface area contributed by atoms with Gasteiger partial charge in [0.2, 0.25) is 5.82 Å². The van der Waals surface area contributed by atoms with Gasteiger partial charge >= 0.3 is 6.18 Å². The summed E-state index contributed by atoms with van der Waals surface area (Å²) in [5, 5.41) is 11.9. The molecule has 180 valence electrons. The van der Waals surface area contributed by atoms with E-state index in [1.54, 1.807) is 30.5 Å². The normalized spacial score (nSPS) is 11.4. The van der Waals surface area contributed by atoms with Crippen LogP contribution < -0.4 is 5.32 Å². The minimum Gasteiger partial charge on any atom is -0.461 e. The van der Waals surface area contributed by atoms with Gasteiger partial charge in [-0.3, -0.25) is 9.36 Å². The minimum atomic E-state index is -4.42. The van der Waals surface area contributed by atoms with Gasteiger partial charge in [0.25, 0.3) is 5.91 Å². The number of aromatic nitrogens is 3. The van der Waals surface area contributed by atoms with Gasteiger partial charge < -0.3 is 9.73 Å². The molecule has 0 unspecified atom stereocenters. The molecule has 0 bridgehead atoms. The van der Waals surface area contributed by atoms with Crippen LogP contribution in [0.4, 0.5) is 13.2 Å². The molecule has 10 heteroatoms. The Morgan fingerprint density at radius 3 is 2.57 bits per heavy atom. The molecule has 2 aromatic carbocycles.